The van der Waals surface area contributed by atoms with Gasteiger partial charge in [-0.25, -0.2) is 8.42 Å². The van der Waals surface area contributed by atoms with E-state index in [1.54, 1.807) is 21.2 Å². The van der Waals surface area contributed by atoms with Gasteiger partial charge in [-0.2, -0.15) is 9.40 Å². The predicted molar refractivity (Wildman–Crippen MR) is 79.9 cm³/mol. The molecule has 0 amide bonds. The number of rotatable bonds is 5. The zero-order valence-electron chi connectivity index (χ0n) is 12.7. The Morgan fingerprint density at radius 1 is 1.52 bits per heavy atom. The highest BCUT2D eigenvalue weighted by molar-refractivity contribution is 7.89. The molecule has 0 radical (unpaired) electrons. The topological polar surface area (TPSA) is 67.7 Å². The van der Waals surface area contributed by atoms with Crippen LogP contribution in [0.25, 0.3) is 0 Å². The molecule has 0 bridgehead atoms. The van der Waals surface area contributed by atoms with E-state index >= 15 is 0 Å². The van der Waals surface area contributed by atoms with Gasteiger partial charge >= 0.3 is 0 Å². The van der Waals surface area contributed by atoms with Gasteiger partial charge in [0.1, 0.15) is 0 Å². The maximum absolute atomic E-state index is 12.6. The number of hydrogen-bond donors (Lipinski definition) is 0. The number of sulfonamides is 1. The minimum atomic E-state index is -3.66. The molecular formula is C12H21ClN4O3S. The Hall–Kier alpha value is -0.670. The molecule has 2 rings (SSSR count). The van der Waals surface area contributed by atoms with Crippen molar-refractivity contribution >= 4 is 21.6 Å². The average molecular weight is 337 g/mol. The molecule has 7 nitrogen and oxygen atoms in total. The van der Waals surface area contributed by atoms with Gasteiger partial charge in [0.05, 0.1) is 17.3 Å². The molecular weight excluding hydrogens is 316 g/mol. The van der Waals surface area contributed by atoms with Gasteiger partial charge in [-0.3, -0.25) is 9.58 Å². The third-order valence-electron chi connectivity index (χ3n) is 3.95. The predicted octanol–water partition coefficient (Wildman–Crippen LogP) is 0.413. The number of likely N-dealkylation sites (N-methyl/N-ethyl adjacent to an activating group) is 2. The summed E-state index contributed by atoms with van der Waals surface area (Å²) in [5.74, 6) is 0. The van der Waals surface area contributed by atoms with Gasteiger partial charge in [-0.1, -0.05) is 11.6 Å². The summed E-state index contributed by atoms with van der Waals surface area (Å²) in [4.78, 5) is 2.12. The fourth-order valence-electron chi connectivity index (χ4n) is 2.65. The molecule has 2 atom stereocenters. The van der Waals surface area contributed by atoms with Crippen LogP contribution < -0.4 is 0 Å². The normalized spacial score (nSPS) is 24.1. The van der Waals surface area contributed by atoms with Gasteiger partial charge in [0.2, 0.25) is 0 Å². The van der Waals surface area contributed by atoms with Gasteiger partial charge in [-0.05, 0) is 13.5 Å². The van der Waals surface area contributed by atoms with Crippen LogP contribution in [0.1, 0.15) is 6.42 Å². The number of likely N-dealkylation sites (tertiary alicyclic amines) is 1. The van der Waals surface area contributed by atoms with Crippen molar-refractivity contribution < 1.29 is 13.2 Å². The lowest BCUT2D eigenvalue weighted by Gasteiger charge is -2.25. The molecule has 2 heterocycles. The molecule has 0 N–H and O–H groups in total. The maximum Gasteiger partial charge on any atom is 0.261 e. The van der Waals surface area contributed by atoms with Crippen molar-refractivity contribution in [1.82, 2.24) is 19.0 Å². The van der Waals surface area contributed by atoms with Gasteiger partial charge < -0.3 is 4.74 Å². The second-order valence-corrected chi connectivity index (χ2v) is 7.76. The highest BCUT2D eigenvalue weighted by Crippen LogP contribution is 2.25. The third-order valence-corrected chi connectivity index (χ3v) is 6.28. The molecule has 0 spiro atoms. The Morgan fingerprint density at radius 3 is 2.67 bits per heavy atom. The van der Waals surface area contributed by atoms with Crippen LogP contribution in [0.2, 0.25) is 5.02 Å². The summed E-state index contributed by atoms with van der Waals surface area (Å²) in [5.41, 5.74) is 0. The van der Waals surface area contributed by atoms with E-state index in [9.17, 15) is 8.42 Å². The minimum absolute atomic E-state index is 0.0237. The monoisotopic (exact) mass is 336 g/mol. The zero-order valence-corrected chi connectivity index (χ0v) is 14.2. The number of hydrogen-bond acceptors (Lipinski definition) is 5. The number of aromatic nitrogens is 2. The summed E-state index contributed by atoms with van der Waals surface area (Å²) < 4.78 is 33.2. The first-order valence-corrected chi connectivity index (χ1v) is 8.46. The smallest absolute Gasteiger partial charge is 0.261 e. The van der Waals surface area contributed by atoms with Crippen molar-refractivity contribution in [3.8, 4) is 0 Å². The van der Waals surface area contributed by atoms with Crippen molar-refractivity contribution in [3.05, 3.63) is 11.2 Å². The first-order valence-electron chi connectivity index (χ1n) is 6.64. The molecule has 1 aliphatic rings. The van der Waals surface area contributed by atoms with Crippen LogP contribution in [0.4, 0.5) is 0 Å². The summed E-state index contributed by atoms with van der Waals surface area (Å²) in [5, 5.41) is 4.05. The Labute approximate surface area is 130 Å². The molecule has 1 aromatic rings. The molecule has 0 aromatic carbocycles. The van der Waals surface area contributed by atoms with E-state index < -0.39 is 10.0 Å². The second-order valence-electron chi connectivity index (χ2n) is 5.39. The molecule has 1 saturated heterocycles. The van der Waals surface area contributed by atoms with Crippen molar-refractivity contribution in [2.24, 2.45) is 7.05 Å². The maximum atomic E-state index is 12.6. The summed E-state index contributed by atoms with van der Waals surface area (Å²) >= 11 is 5.95. The number of methoxy groups -OCH3 is 1. The Bertz CT molecular complexity index is 584. The van der Waals surface area contributed by atoms with Crippen molar-refractivity contribution in [1.29, 1.82) is 0 Å². The molecule has 21 heavy (non-hydrogen) atoms. The molecule has 1 aromatic heterocycles. The van der Waals surface area contributed by atoms with E-state index in [-0.39, 0.29) is 22.2 Å². The van der Waals surface area contributed by atoms with Crippen LogP contribution in [0.3, 0.4) is 0 Å². The third kappa shape index (κ3) is 3.24. The van der Waals surface area contributed by atoms with E-state index in [0.717, 1.165) is 13.0 Å². The quantitative estimate of drug-likeness (QED) is 0.779. The minimum Gasteiger partial charge on any atom is -0.380 e. The Kier molecular flexibility index (Phi) is 4.94. The first-order chi connectivity index (χ1) is 9.77. The first kappa shape index (κ1) is 16.7. The molecule has 1 aliphatic heterocycles. The highest BCUT2D eigenvalue weighted by atomic mass is 35.5. The number of aryl methyl sites for hydroxylation is 1. The lowest BCUT2D eigenvalue weighted by Crippen LogP contribution is -2.40. The standard InChI is InChI=1S/C12H21ClN4O3S/c1-15-8-10(20-4)5-9(15)7-16(2)21(18,19)12-11(13)6-14-17(12)3/h6,9-10H,5,7-8H2,1-4H3/t9-,10-/m0/s1. The van der Waals surface area contributed by atoms with E-state index in [4.69, 9.17) is 16.3 Å². The molecule has 0 saturated carbocycles. The largest absolute Gasteiger partial charge is 0.380 e. The van der Waals surface area contributed by atoms with Crippen molar-refractivity contribution in [2.75, 3.05) is 34.3 Å². The van der Waals surface area contributed by atoms with Gasteiger partial charge in [0, 0.05) is 40.3 Å². The Morgan fingerprint density at radius 2 is 2.19 bits per heavy atom. The summed E-state index contributed by atoms with van der Waals surface area (Å²) in [6.45, 7) is 1.20. The average Bonchev–Trinajstić information content (AvgIpc) is 2.93. The molecule has 0 aliphatic carbocycles. The van der Waals surface area contributed by atoms with Crippen LogP contribution in [0.15, 0.2) is 11.2 Å². The van der Waals surface area contributed by atoms with Crippen LogP contribution in [-0.4, -0.2) is 73.8 Å². The summed E-state index contributed by atoms with van der Waals surface area (Å²) in [6, 6.07) is 0.127. The summed E-state index contributed by atoms with van der Waals surface area (Å²) in [7, 11) is 3.12. The SMILES string of the molecule is CO[C@H]1C[C@@H](CN(C)S(=O)(=O)c2c(Cl)cnn2C)N(C)C1. The highest BCUT2D eigenvalue weighted by Gasteiger charge is 2.34. The lowest BCUT2D eigenvalue weighted by molar-refractivity contribution is 0.111. The van der Waals surface area contributed by atoms with Gasteiger partial charge in [0.25, 0.3) is 10.0 Å². The number of nitrogens with zero attached hydrogens (tertiary/aromatic N) is 4. The van der Waals surface area contributed by atoms with Gasteiger partial charge in [-0.15, -0.1) is 0 Å². The molecule has 1 fully saturated rings. The Balaban J connectivity index is 2.15. The lowest BCUT2D eigenvalue weighted by atomic mass is 10.2. The van der Waals surface area contributed by atoms with E-state index in [0.29, 0.717) is 6.54 Å². The van der Waals surface area contributed by atoms with E-state index in [1.807, 2.05) is 7.05 Å². The second kappa shape index (κ2) is 6.21. The van der Waals surface area contributed by atoms with Crippen LogP contribution in [0.5, 0.6) is 0 Å². The molecule has 120 valence electrons. The zero-order chi connectivity index (χ0) is 15.8. The molecule has 0 unspecified atom stereocenters. The van der Waals surface area contributed by atoms with Gasteiger partial charge in [0.15, 0.2) is 5.03 Å². The number of halogens is 1. The van der Waals surface area contributed by atoms with E-state index in [2.05, 4.69) is 10.00 Å². The fourth-order valence-corrected chi connectivity index (χ4v) is 4.45. The van der Waals surface area contributed by atoms with Crippen molar-refractivity contribution in [3.63, 3.8) is 0 Å². The van der Waals surface area contributed by atoms with Crippen LogP contribution in [-0.2, 0) is 21.8 Å². The van der Waals surface area contributed by atoms with E-state index in [1.165, 1.54) is 15.2 Å². The number of ether oxygens (including phenoxy) is 1. The summed E-state index contributed by atoms with van der Waals surface area (Å²) in [6.07, 6.45) is 2.30. The molecule has 9 heteroatoms. The van der Waals surface area contributed by atoms with Crippen LogP contribution in [0, 0.1) is 0 Å². The van der Waals surface area contributed by atoms with Crippen LogP contribution >= 0.6 is 11.6 Å². The van der Waals surface area contributed by atoms with Crippen molar-refractivity contribution in [2.45, 2.75) is 23.6 Å². The fraction of sp³-hybridized carbons (Fsp3) is 0.750.